The average Bonchev–Trinajstić information content (AvgIpc) is 3.48. The van der Waals surface area contributed by atoms with E-state index < -0.39 is 5.97 Å². The Balaban J connectivity index is 1.16. The highest BCUT2D eigenvalue weighted by molar-refractivity contribution is 7.99. The summed E-state index contributed by atoms with van der Waals surface area (Å²) >= 11 is 1.18. The van der Waals surface area contributed by atoms with Gasteiger partial charge < -0.3 is 23.2 Å². The normalized spacial score (nSPS) is 12.4. The first-order valence-electron chi connectivity index (χ1n) is 8.74. The number of hydrogen-bond donors (Lipinski definition) is 0. The smallest absolute Gasteiger partial charge is 0.316 e. The fourth-order valence-corrected chi connectivity index (χ4v) is 3.43. The zero-order valence-electron chi connectivity index (χ0n) is 15.0. The lowest BCUT2D eigenvalue weighted by molar-refractivity contribution is -0.141. The van der Waals surface area contributed by atoms with Gasteiger partial charge >= 0.3 is 5.97 Å². The average molecular weight is 410 g/mol. The Morgan fingerprint density at radius 3 is 2.93 bits per heavy atom. The Hall–Kier alpha value is -3.46. The third-order valence-corrected chi connectivity index (χ3v) is 4.99. The van der Waals surface area contributed by atoms with Gasteiger partial charge in [-0.3, -0.25) is 4.79 Å². The lowest BCUT2D eigenvalue weighted by Gasteiger charge is -2.00. The van der Waals surface area contributed by atoms with Crippen LogP contribution in [-0.2, 0) is 16.1 Å². The Morgan fingerprint density at radius 1 is 1.10 bits per heavy atom. The van der Waals surface area contributed by atoms with Crippen LogP contribution in [0, 0.1) is 0 Å². The quantitative estimate of drug-likeness (QED) is 0.344. The number of oxazole rings is 1. The molecular formula is C20H14N2O6S. The van der Waals surface area contributed by atoms with Crippen LogP contribution in [0.1, 0.15) is 5.69 Å². The summed E-state index contributed by atoms with van der Waals surface area (Å²) in [6, 6.07) is 14.6. The number of rotatable bonds is 6. The van der Waals surface area contributed by atoms with Crippen LogP contribution in [0.5, 0.6) is 11.5 Å². The van der Waals surface area contributed by atoms with Crippen LogP contribution < -0.4 is 9.47 Å². The third-order valence-electron chi connectivity index (χ3n) is 4.18. The Bertz CT molecular complexity index is 1150. The molecule has 3 heterocycles. The van der Waals surface area contributed by atoms with E-state index in [0.29, 0.717) is 33.8 Å². The lowest BCUT2D eigenvalue weighted by atomic mass is 10.1. The van der Waals surface area contributed by atoms with E-state index in [-0.39, 0.29) is 19.2 Å². The molecule has 0 saturated carbocycles. The molecule has 2 aromatic heterocycles. The number of benzene rings is 2. The van der Waals surface area contributed by atoms with Gasteiger partial charge in [-0.25, -0.2) is 4.98 Å². The number of carbonyl (C=O) groups is 1. The number of ether oxygens (including phenoxy) is 3. The standard InChI is InChI=1S/C20H14N2O6S/c23-19(10-29-20-21-14-3-1-2-4-15(14)27-20)24-9-13-8-17(28-22-13)12-5-6-16-18(7-12)26-11-25-16/h1-8H,9-11H2. The summed E-state index contributed by atoms with van der Waals surface area (Å²) in [5.74, 6) is 1.58. The van der Waals surface area contributed by atoms with Gasteiger partial charge in [-0.05, 0) is 30.3 Å². The molecule has 4 aromatic rings. The molecule has 0 bridgehead atoms. The summed E-state index contributed by atoms with van der Waals surface area (Å²) < 4.78 is 26.8. The fourth-order valence-electron chi connectivity index (χ4n) is 2.80. The van der Waals surface area contributed by atoms with E-state index in [1.165, 1.54) is 11.8 Å². The minimum absolute atomic E-state index is 0.0149. The van der Waals surface area contributed by atoms with Gasteiger partial charge in [-0.2, -0.15) is 0 Å². The molecular weight excluding hydrogens is 396 g/mol. The number of thioether (sulfide) groups is 1. The fraction of sp³-hybridized carbons (Fsp3) is 0.150. The van der Waals surface area contributed by atoms with Gasteiger partial charge in [0.15, 0.2) is 22.8 Å². The number of carbonyl (C=O) groups excluding carboxylic acids is 1. The van der Waals surface area contributed by atoms with Crippen molar-refractivity contribution in [2.75, 3.05) is 12.5 Å². The number of nitrogens with zero attached hydrogens (tertiary/aromatic N) is 2. The molecule has 1 aliphatic heterocycles. The summed E-state index contributed by atoms with van der Waals surface area (Å²) in [5, 5.41) is 4.37. The molecule has 0 atom stereocenters. The highest BCUT2D eigenvalue weighted by atomic mass is 32.2. The van der Waals surface area contributed by atoms with E-state index >= 15 is 0 Å². The van der Waals surface area contributed by atoms with Crippen molar-refractivity contribution < 1.29 is 27.9 Å². The topological polar surface area (TPSA) is 96.8 Å². The second-order valence-electron chi connectivity index (χ2n) is 6.15. The summed E-state index contributed by atoms with van der Waals surface area (Å²) in [6.45, 7) is 0.221. The Labute approximate surface area is 168 Å². The summed E-state index contributed by atoms with van der Waals surface area (Å²) in [4.78, 5) is 16.3. The van der Waals surface area contributed by atoms with Crippen LogP contribution in [0.4, 0.5) is 0 Å². The summed E-state index contributed by atoms with van der Waals surface area (Å²) in [5.41, 5.74) is 2.74. The molecule has 0 aliphatic carbocycles. The van der Waals surface area contributed by atoms with Crippen molar-refractivity contribution >= 4 is 28.8 Å². The number of aromatic nitrogens is 2. The van der Waals surface area contributed by atoms with Crippen LogP contribution >= 0.6 is 11.8 Å². The Kier molecular flexibility index (Phi) is 4.57. The zero-order chi connectivity index (χ0) is 19.6. The maximum absolute atomic E-state index is 12.0. The Morgan fingerprint density at radius 2 is 2.00 bits per heavy atom. The van der Waals surface area contributed by atoms with Gasteiger partial charge in [0.2, 0.25) is 6.79 Å². The first kappa shape index (κ1) is 17.6. The monoisotopic (exact) mass is 410 g/mol. The van der Waals surface area contributed by atoms with Gasteiger partial charge in [0.1, 0.15) is 23.6 Å². The number of fused-ring (bicyclic) bond motifs is 2. The van der Waals surface area contributed by atoms with Gasteiger partial charge in [-0.1, -0.05) is 29.1 Å². The predicted molar refractivity (Wildman–Crippen MR) is 103 cm³/mol. The van der Waals surface area contributed by atoms with Crippen LogP contribution in [-0.4, -0.2) is 28.7 Å². The van der Waals surface area contributed by atoms with Crippen molar-refractivity contribution in [1.29, 1.82) is 0 Å². The molecule has 1 aliphatic rings. The van der Waals surface area contributed by atoms with Gasteiger partial charge in [0.25, 0.3) is 5.22 Å². The molecule has 0 radical (unpaired) electrons. The van der Waals surface area contributed by atoms with Crippen LogP contribution in [0.2, 0.25) is 0 Å². The van der Waals surface area contributed by atoms with E-state index in [2.05, 4.69) is 10.1 Å². The number of esters is 1. The maximum atomic E-state index is 12.0. The summed E-state index contributed by atoms with van der Waals surface area (Å²) in [7, 11) is 0. The minimum Gasteiger partial charge on any atom is -0.458 e. The van der Waals surface area contributed by atoms with E-state index in [1.54, 1.807) is 6.07 Å². The van der Waals surface area contributed by atoms with Gasteiger partial charge in [-0.15, -0.1) is 0 Å². The van der Waals surface area contributed by atoms with Gasteiger partial charge in [0, 0.05) is 11.6 Å². The second kappa shape index (κ2) is 7.51. The first-order chi connectivity index (χ1) is 14.2. The minimum atomic E-state index is -0.398. The molecule has 0 fully saturated rings. The van der Waals surface area contributed by atoms with Crippen LogP contribution in [0.15, 0.2) is 62.7 Å². The molecule has 0 spiro atoms. The first-order valence-corrected chi connectivity index (χ1v) is 9.73. The molecule has 146 valence electrons. The SMILES string of the molecule is O=C(CSc1nc2ccccc2o1)OCc1cc(-c2ccc3c(c2)OCO3)on1. The van der Waals surface area contributed by atoms with Crippen molar-refractivity contribution in [1.82, 2.24) is 10.1 Å². The third kappa shape index (κ3) is 3.77. The summed E-state index contributed by atoms with van der Waals surface area (Å²) in [6.07, 6.45) is 0. The molecule has 0 amide bonds. The van der Waals surface area contributed by atoms with Crippen molar-refractivity contribution in [3.05, 3.63) is 54.2 Å². The molecule has 0 N–H and O–H groups in total. The zero-order valence-corrected chi connectivity index (χ0v) is 15.8. The molecule has 5 rings (SSSR count). The predicted octanol–water partition coefficient (Wildman–Crippen LogP) is 4.05. The van der Waals surface area contributed by atoms with Crippen molar-refractivity contribution in [2.24, 2.45) is 0 Å². The molecule has 29 heavy (non-hydrogen) atoms. The molecule has 0 unspecified atom stereocenters. The second-order valence-corrected chi connectivity index (χ2v) is 7.07. The lowest BCUT2D eigenvalue weighted by Crippen LogP contribution is -2.07. The number of hydrogen-bond acceptors (Lipinski definition) is 9. The molecule has 0 saturated heterocycles. The van der Waals surface area contributed by atoms with E-state index in [9.17, 15) is 4.79 Å². The van der Waals surface area contributed by atoms with Crippen LogP contribution in [0.3, 0.4) is 0 Å². The maximum Gasteiger partial charge on any atom is 0.316 e. The largest absolute Gasteiger partial charge is 0.458 e. The number of para-hydroxylation sites is 2. The van der Waals surface area contributed by atoms with E-state index in [0.717, 1.165) is 11.1 Å². The highest BCUT2D eigenvalue weighted by Gasteiger charge is 2.16. The van der Waals surface area contributed by atoms with E-state index in [1.807, 2.05) is 42.5 Å². The molecule has 2 aromatic carbocycles. The van der Waals surface area contributed by atoms with Crippen LogP contribution in [0.25, 0.3) is 22.4 Å². The van der Waals surface area contributed by atoms with E-state index in [4.69, 9.17) is 23.2 Å². The molecule has 8 nitrogen and oxygen atoms in total. The van der Waals surface area contributed by atoms with Crippen molar-refractivity contribution in [3.63, 3.8) is 0 Å². The van der Waals surface area contributed by atoms with Crippen molar-refractivity contribution in [2.45, 2.75) is 11.8 Å². The highest BCUT2D eigenvalue weighted by Crippen LogP contribution is 2.36. The van der Waals surface area contributed by atoms with Crippen molar-refractivity contribution in [3.8, 4) is 22.8 Å². The molecule has 9 heteroatoms. The van der Waals surface area contributed by atoms with Gasteiger partial charge in [0.05, 0.1) is 0 Å².